The van der Waals surface area contributed by atoms with E-state index in [1.54, 1.807) is 7.11 Å². The van der Waals surface area contributed by atoms with E-state index in [4.69, 9.17) is 19.2 Å². The van der Waals surface area contributed by atoms with E-state index in [9.17, 15) is 0 Å². The maximum absolute atomic E-state index is 6.21. The van der Waals surface area contributed by atoms with Gasteiger partial charge in [0.1, 0.15) is 0 Å². The maximum atomic E-state index is 6.21. The molecule has 0 atom stereocenters. The van der Waals surface area contributed by atoms with Crippen molar-refractivity contribution in [2.75, 3.05) is 53.0 Å². The van der Waals surface area contributed by atoms with E-state index in [-0.39, 0.29) is 24.0 Å². The third kappa shape index (κ3) is 9.02. The molecular formula is C23H39IN4O3. The Bertz CT molecular complexity index is 662. The van der Waals surface area contributed by atoms with Crippen LogP contribution < -0.4 is 20.1 Å². The van der Waals surface area contributed by atoms with Crippen LogP contribution in [0.15, 0.2) is 23.2 Å². The Morgan fingerprint density at radius 1 is 1.16 bits per heavy atom. The molecule has 0 aromatic heterocycles. The van der Waals surface area contributed by atoms with Gasteiger partial charge in [-0.15, -0.1) is 24.0 Å². The molecule has 2 N–H and O–H groups in total. The zero-order valence-electron chi connectivity index (χ0n) is 19.0. The number of nitrogens with one attached hydrogen (secondary N) is 2. The molecule has 176 valence electrons. The van der Waals surface area contributed by atoms with Gasteiger partial charge in [-0.2, -0.15) is 0 Å². The number of methoxy groups -OCH3 is 1. The lowest BCUT2D eigenvalue weighted by Crippen LogP contribution is -2.40. The van der Waals surface area contributed by atoms with Gasteiger partial charge in [-0.1, -0.05) is 6.07 Å². The second kappa shape index (κ2) is 14.7. The largest absolute Gasteiger partial charge is 0.493 e. The van der Waals surface area contributed by atoms with E-state index in [2.05, 4.69) is 34.6 Å². The minimum absolute atomic E-state index is 0. The number of benzene rings is 1. The molecule has 1 aromatic rings. The second-order valence-electron chi connectivity index (χ2n) is 7.94. The number of hydrogen-bond acceptors (Lipinski definition) is 5. The fourth-order valence-electron chi connectivity index (χ4n) is 3.94. The van der Waals surface area contributed by atoms with E-state index in [1.807, 2.05) is 6.07 Å². The summed E-state index contributed by atoms with van der Waals surface area (Å²) in [4.78, 5) is 7.22. The lowest BCUT2D eigenvalue weighted by Gasteiger charge is -2.26. The fraction of sp³-hybridized carbons (Fsp3) is 0.696. The SMILES string of the molecule is CCNC(=NCc1ccc(OC)c(OC2CCCC2)c1)NCCCN1CCOCC1.I. The molecule has 1 aromatic carbocycles. The molecule has 1 saturated carbocycles. The molecule has 7 nitrogen and oxygen atoms in total. The average Bonchev–Trinajstić information content (AvgIpc) is 3.29. The van der Waals surface area contributed by atoms with Crippen molar-refractivity contribution in [2.24, 2.45) is 4.99 Å². The number of halogens is 1. The van der Waals surface area contributed by atoms with E-state index in [1.165, 1.54) is 12.8 Å². The number of rotatable bonds is 10. The topological polar surface area (TPSA) is 67.4 Å². The van der Waals surface area contributed by atoms with Gasteiger partial charge < -0.3 is 24.8 Å². The van der Waals surface area contributed by atoms with Crippen LogP contribution in [0.4, 0.5) is 0 Å². The zero-order valence-corrected chi connectivity index (χ0v) is 21.4. The molecule has 1 aliphatic heterocycles. The molecule has 2 fully saturated rings. The van der Waals surface area contributed by atoms with Gasteiger partial charge in [0.15, 0.2) is 17.5 Å². The van der Waals surface area contributed by atoms with Gasteiger partial charge in [-0.3, -0.25) is 4.90 Å². The Labute approximate surface area is 204 Å². The second-order valence-corrected chi connectivity index (χ2v) is 7.94. The number of hydrogen-bond donors (Lipinski definition) is 2. The van der Waals surface area contributed by atoms with Gasteiger partial charge in [-0.05, 0) is 63.3 Å². The summed E-state index contributed by atoms with van der Waals surface area (Å²) in [7, 11) is 1.69. The van der Waals surface area contributed by atoms with E-state index in [0.717, 1.165) is 88.2 Å². The molecule has 0 radical (unpaired) electrons. The van der Waals surface area contributed by atoms with Crippen molar-refractivity contribution in [3.8, 4) is 11.5 Å². The molecule has 1 heterocycles. The number of ether oxygens (including phenoxy) is 3. The Balaban J connectivity index is 0.00000341. The first-order valence-electron chi connectivity index (χ1n) is 11.4. The highest BCUT2D eigenvalue weighted by Crippen LogP contribution is 2.32. The molecule has 0 bridgehead atoms. The standard InChI is InChI=1S/C23H38N4O3.HI/c1-3-24-23(25-11-6-12-27-13-15-29-16-14-27)26-18-19-9-10-21(28-2)22(17-19)30-20-7-4-5-8-20;/h9-10,17,20H,3-8,11-16,18H2,1-2H3,(H2,24,25,26);1H. The zero-order chi connectivity index (χ0) is 21.0. The van der Waals surface area contributed by atoms with Crippen LogP contribution in [-0.4, -0.2) is 70.0 Å². The van der Waals surface area contributed by atoms with Crippen LogP contribution in [0.1, 0.15) is 44.6 Å². The third-order valence-electron chi connectivity index (χ3n) is 5.64. The highest BCUT2D eigenvalue weighted by Gasteiger charge is 2.18. The van der Waals surface area contributed by atoms with Crippen LogP contribution in [0.25, 0.3) is 0 Å². The van der Waals surface area contributed by atoms with Crippen molar-refractivity contribution in [1.82, 2.24) is 15.5 Å². The van der Waals surface area contributed by atoms with Crippen molar-refractivity contribution >= 4 is 29.9 Å². The van der Waals surface area contributed by atoms with Gasteiger partial charge in [0.2, 0.25) is 0 Å². The maximum Gasteiger partial charge on any atom is 0.191 e. The van der Waals surface area contributed by atoms with Crippen LogP contribution >= 0.6 is 24.0 Å². The van der Waals surface area contributed by atoms with E-state index >= 15 is 0 Å². The molecule has 31 heavy (non-hydrogen) atoms. The van der Waals surface area contributed by atoms with Crippen molar-refractivity contribution in [2.45, 2.75) is 51.7 Å². The lowest BCUT2D eigenvalue weighted by molar-refractivity contribution is 0.0376. The highest BCUT2D eigenvalue weighted by atomic mass is 127. The molecule has 2 aliphatic rings. The van der Waals surface area contributed by atoms with Crippen LogP contribution in [-0.2, 0) is 11.3 Å². The number of nitrogens with zero attached hydrogens (tertiary/aromatic N) is 2. The number of morpholine rings is 1. The van der Waals surface area contributed by atoms with Gasteiger partial charge in [0.25, 0.3) is 0 Å². The molecule has 0 amide bonds. The molecule has 1 saturated heterocycles. The normalized spacial score (nSPS) is 17.8. The summed E-state index contributed by atoms with van der Waals surface area (Å²) in [5.41, 5.74) is 1.12. The predicted molar refractivity (Wildman–Crippen MR) is 136 cm³/mol. The van der Waals surface area contributed by atoms with Gasteiger partial charge in [0, 0.05) is 26.2 Å². The van der Waals surface area contributed by atoms with E-state index < -0.39 is 0 Å². The highest BCUT2D eigenvalue weighted by molar-refractivity contribution is 14.0. The molecule has 8 heteroatoms. The number of aliphatic imine (C=N–C) groups is 1. The van der Waals surface area contributed by atoms with Gasteiger partial charge >= 0.3 is 0 Å². The Kier molecular flexibility index (Phi) is 12.4. The third-order valence-corrected chi connectivity index (χ3v) is 5.64. The van der Waals surface area contributed by atoms with Crippen molar-refractivity contribution in [3.05, 3.63) is 23.8 Å². The summed E-state index contributed by atoms with van der Waals surface area (Å²) in [6.07, 6.45) is 6.16. The molecule has 0 unspecified atom stereocenters. The molecular weight excluding hydrogens is 507 g/mol. The first kappa shape index (κ1) is 26.0. The van der Waals surface area contributed by atoms with Gasteiger partial charge in [-0.25, -0.2) is 4.99 Å². The summed E-state index contributed by atoms with van der Waals surface area (Å²) in [5, 5.41) is 6.79. The molecule has 3 rings (SSSR count). The van der Waals surface area contributed by atoms with Crippen LogP contribution in [0.3, 0.4) is 0 Å². The summed E-state index contributed by atoms with van der Waals surface area (Å²) < 4.78 is 17.1. The average molecular weight is 546 g/mol. The lowest BCUT2D eigenvalue weighted by atomic mass is 10.2. The number of guanidine groups is 1. The van der Waals surface area contributed by atoms with Crippen LogP contribution in [0.2, 0.25) is 0 Å². The van der Waals surface area contributed by atoms with Crippen molar-refractivity contribution in [1.29, 1.82) is 0 Å². The Hall–Kier alpha value is -1.26. The minimum Gasteiger partial charge on any atom is -0.493 e. The minimum atomic E-state index is 0. The summed E-state index contributed by atoms with van der Waals surface area (Å²) in [6.45, 7) is 9.31. The summed E-state index contributed by atoms with van der Waals surface area (Å²) in [5.74, 6) is 2.48. The smallest absolute Gasteiger partial charge is 0.191 e. The Morgan fingerprint density at radius 3 is 2.65 bits per heavy atom. The predicted octanol–water partition coefficient (Wildman–Crippen LogP) is 3.41. The Morgan fingerprint density at radius 2 is 1.94 bits per heavy atom. The summed E-state index contributed by atoms with van der Waals surface area (Å²) >= 11 is 0. The first-order valence-corrected chi connectivity index (χ1v) is 11.4. The summed E-state index contributed by atoms with van der Waals surface area (Å²) in [6, 6.07) is 6.12. The molecule has 1 aliphatic carbocycles. The van der Waals surface area contributed by atoms with Crippen molar-refractivity contribution in [3.63, 3.8) is 0 Å². The van der Waals surface area contributed by atoms with Crippen LogP contribution in [0.5, 0.6) is 11.5 Å². The van der Waals surface area contributed by atoms with Crippen molar-refractivity contribution < 1.29 is 14.2 Å². The van der Waals surface area contributed by atoms with E-state index in [0.29, 0.717) is 12.6 Å². The van der Waals surface area contributed by atoms with Crippen LogP contribution in [0, 0.1) is 0 Å². The first-order chi connectivity index (χ1) is 14.8. The van der Waals surface area contributed by atoms with Gasteiger partial charge in [0.05, 0.1) is 33.0 Å². The quantitative estimate of drug-likeness (QED) is 0.203. The molecule has 0 spiro atoms. The monoisotopic (exact) mass is 546 g/mol. The fourth-order valence-corrected chi connectivity index (χ4v) is 3.94.